The number of nitrogens with one attached hydrogen (secondary N) is 1. The standard InChI is InChI=1S/C23H22ClF3N4O4/c1-14-11-18(7-8-19(14)31(33)34)35-13-16-5-3-6-17(12-16)22(32)28-9-4-10-30-15(2)20(24)21(29-30)23(25,26)27/h3,5-8,11-12H,4,9-10,13H2,1-2H3,(H,28,32). The molecule has 0 unspecified atom stereocenters. The number of amides is 1. The lowest BCUT2D eigenvalue weighted by Crippen LogP contribution is -2.25. The Hall–Kier alpha value is -3.60. The van der Waals surface area contributed by atoms with Gasteiger partial charge in [0.25, 0.3) is 11.6 Å². The largest absolute Gasteiger partial charge is 0.489 e. The van der Waals surface area contributed by atoms with Gasteiger partial charge in [-0.1, -0.05) is 23.7 Å². The first-order valence-corrected chi connectivity index (χ1v) is 10.9. The molecule has 0 aliphatic heterocycles. The van der Waals surface area contributed by atoms with E-state index in [1.807, 2.05) is 0 Å². The number of nitro benzene ring substituents is 1. The molecule has 35 heavy (non-hydrogen) atoms. The maximum Gasteiger partial charge on any atom is 0.436 e. The van der Waals surface area contributed by atoms with E-state index in [9.17, 15) is 28.1 Å². The van der Waals surface area contributed by atoms with E-state index < -0.39 is 21.8 Å². The highest BCUT2D eigenvalue weighted by Gasteiger charge is 2.38. The van der Waals surface area contributed by atoms with Gasteiger partial charge in [-0.3, -0.25) is 19.6 Å². The van der Waals surface area contributed by atoms with Crippen molar-refractivity contribution in [3.05, 3.63) is 85.7 Å². The predicted octanol–water partition coefficient (Wildman–Crippen LogP) is 5.48. The highest BCUT2D eigenvalue weighted by Crippen LogP contribution is 2.35. The van der Waals surface area contributed by atoms with Gasteiger partial charge in [-0.05, 0) is 50.1 Å². The summed E-state index contributed by atoms with van der Waals surface area (Å²) in [5, 5.41) is 16.8. The van der Waals surface area contributed by atoms with E-state index >= 15 is 0 Å². The molecule has 1 aromatic heterocycles. The summed E-state index contributed by atoms with van der Waals surface area (Å²) in [5.41, 5.74) is 0.675. The third-order valence-corrected chi connectivity index (χ3v) is 5.65. The van der Waals surface area contributed by atoms with Crippen molar-refractivity contribution in [3.63, 3.8) is 0 Å². The number of rotatable bonds is 9. The molecule has 0 atom stereocenters. The number of alkyl halides is 3. The van der Waals surface area contributed by atoms with E-state index in [4.69, 9.17) is 16.3 Å². The van der Waals surface area contributed by atoms with Crippen LogP contribution in [-0.2, 0) is 19.3 Å². The number of hydrogen-bond acceptors (Lipinski definition) is 5. The highest BCUT2D eigenvalue weighted by molar-refractivity contribution is 6.31. The highest BCUT2D eigenvalue weighted by atomic mass is 35.5. The molecule has 8 nitrogen and oxygen atoms in total. The maximum absolute atomic E-state index is 12.9. The third-order valence-electron chi connectivity index (χ3n) is 5.19. The molecule has 0 radical (unpaired) electrons. The van der Waals surface area contributed by atoms with Crippen LogP contribution in [0.2, 0.25) is 5.02 Å². The molecule has 0 saturated heterocycles. The van der Waals surface area contributed by atoms with Gasteiger partial charge in [-0.2, -0.15) is 18.3 Å². The molecule has 0 bridgehead atoms. The first-order chi connectivity index (χ1) is 16.5. The fourth-order valence-corrected chi connectivity index (χ4v) is 3.59. The summed E-state index contributed by atoms with van der Waals surface area (Å²) in [7, 11) is 0. The minimum absolute atomic E-state index is 0.00243. The van der Waals surface area contributed by atoms with Crippen molar-refractivity contribution in [2.75, 3.05) is 6.54 Å². The van der Waals surface area contributed by atoms with Crippen molar-refractivity contribution in [2.45, 2.75) is 39.6 Å². The van der Waals surface area contributed by atoms with Crippen LogP contribution in [0.3, 0.4) is 0 Å². The first kappa shape index (κ1) is 26.0. The van der Waals surface area contributed by atoms with Crippen LogP contribution >= 0.6 is 11.6 Å². The Labute approximate surface area is 203 Å². The number of carbonyl (C=O) groups excluding carboxylic acids is 1. The van der Waals surface area contributed by atoms with Crippen LogP contribution in [0.25, 0.3) is 0 Å². The number of aromatic nitrogens is 2. The molecule has 0 aliphatic rings. The summed E-state index contributed by atoms with van der Waals surface area (Å²) < 4.78 is 45.6. The van der Waals surface area contributed by atoms with Crippen LogP contribution in [0.15, 0.2) is 42.5 Å². The van der Waals surface area contributed by atoms with Gasteiger partial charge in [-0.25, -0.2) is 0 Å². The number of halogens is 4. The smallest absolute Gasteiger partial charge is 0.436 e. The first-order valence-electron chi connectivity index (χ1n) is 10.5. The number of carbonyl (C=O) groups is 1. The van der Waals surface area contributed by atoms with Crippen molar-refractivity contribution in [1.29, 1.82) is 0 Å². The van der Waals surface area contributed by atoms with E-state index in [0.717, 1.165) is 5.56 Å². The minimum atomic E-state index is -4.63. The SMILES string of the molecule is Cc1cc(OCc2cccc(C(=O)NCCCn3nc(C(F)(F)F)c(Cl)c3C)c2)ccc1[N+](=O)[O-]. The van der Waals surface area contributed by atoms with E-state index in [0.29, 0.717) is 23.3 Å². The summed E-state index contributed by atoms with van der Waals surface area (Å²) in [5.74, 6) is 0.120. The van der Waals surface area contributed by atoms with E-state index in [-0.39, 0.29) is 37.0 Å². The molecule has 2 aromatic carbocycles. The van der Waals surface area contributed by atoms with Gasteiger partial charge < -0.3 is 10.1 Å². The molecule has 3 aromatic rings. The van der Waals surface area contributed by atoms with Crippen molar-refractivity contribution >= 4 is 23.2 Å². The molecule has 12 heteroatoms. The summed E-state index contributed by atoms with van der Waals surface area (Å²) in [6, 6.07) is 11.2. The number of nitrogens with zero attached hydrogens (tertiary/aromatic N) is 3. The zero-order chi connectivity index (χ0) is 25.8. The predicted molar refractivity (Wildman–Crippen MR) is 123 cm³/mol. The quantitative estimate of drug-likeness (QED) is 0.233. The Bertz CT molecular complexity index is 1240. The molecular formula is C23H22ClF3N4O4. The Kier molecular flexibility index (Phi) is 8.00. The van der Waals surface area contributed by atoms with Gasteiger partial charge in [0.1, 0.15) is 12.4 Å². The van der Waals surface area contributed by atoms with Gasteiger partial charge in [0, 0.05) is 30.3 Å². The van der Waals surface area contributed by atoms with Crippen LogP contribution in [0.4, 0.5) is 18.9 Å². The summed E-state index contributed by atoms with van der Waals surface area (Å²) in [4.78, 5) is 22.9. The number of hydrogen-bond donors (Lipinski definition) is 1. The Balaban J connectivity index is 1.52. The van der Waals surface area contributed by atoms with Gasteiger partial charge in [0.2, 0.25) is 0 Å². The molecule has 1 N–H and O–H groups in total. The van der Waals surface area contributed by atoms with Gasteiger partial charge >= 0.3 is 6.18 Å². The average Bonchev–Trinajstić information content (AvgIpc) is 3.09. The fourth-order valence-electron chi connectivity index (χ4n) is 3.35. The summed E-state index contributed by atoms with van der Waals surface area (Å²) in [6.45, 7) is 3.60. The minimum Gasteiger partial charge on any atom is -0.489 e. The van der Waals surface area contributed by atoms with E-state index in [1.54, 1.807) is 37.3 Å². The Morgan fingerprint density at radius 2 is 1.97 bits per heavy atom. The molecular weight excluding hydrogens is 489 g/mol. The molecule has 0 aliphatic carbocycles. The van der Waals surface area contributed by atoms with E-state index in [1.165, 1.54) is 23.7 Å². The lowest BCUT2D eigenvalue weighted by Gasteiger charge is -2.10. The van der Waals surface area contributed by atoms with Crippen LogP contribution in [0, 0.1) is 24.0 Å². The van der Waals surface area contributed by atoms with Crippen LogP contribution < -0.4 is 10.1 Å². The Morgan fingerprint density at radius 1 is 1.23 bits per heavy atom. The second-order valence-corrected chi connectivity index (χ2v) is 8.15. The number of benzene rings is 2. The van der Waals surface area contributed by atoms with E-state index in [2.05, 4.69) is 10.4 Å². The monoisotopic (exact) mass is 510 g/mol. The number of aryl methyl sites for hydroxylation is 2. The molecule has 0 saturated carbocycles. The van der Waals surface area contributed by atoms with Crippen molar-refractivity contribution in [2.24, 2.45) is 0 Å². The number of nitro groups is 1. The topological polar surface area (TPSA) is 99.3 Å². The van der Waals surface area contributed by atoms with Crippen LogP contribution in [0.5, 0.6) is 5.75 Å². The molecule has 0 spiro atoms. The van der Waals surface area contributed by atoms with Crippen LogP contribution in [-0.4, -0.2) is 27.2 Å². The van der Waals surface area contributed by atoms with Gasteiger partial charge in [-0.15, -0.1) is 0 Å². The fraction of sp³-hybridized carbons (Fsp3) is 0.304. The molecule has 3 rings (SSSR count). The van der Waals surface area contributed by atoms with Crippen molar-refractivity contribution < 1.29 is 27.6 Å². The average molecular weight is 511 g/mol. The lowest BCUT2D eigenvalue weighted by atomic mass is 10.1. The molecule has 1 amide bonds. The second-order valence-electron chi connectivity index (χ2n) is 7.77. The zero-order valence-electron chi connectivity index (χ0n) is 18.9. The molecule has 0 fully saturated rings. The van der Waals surface area contributed by atoms with Crippen molar-refractivity contribution in [3.8, 4) is 5.75 Å². The van der Waals surface area contributed by atoms with Gasteiger partial charge in [0.05, 0.1) is 15.6 Å². The zero-order valence-corrected chi connectivity index (χ0v) is 19.6. The third kappa shape index (κ3) is 6.50. The molecule has 1 heterocycles. The summed E-state index contributed by atoms with van der Waals surface area (Å²) in [6.07, 6.45) is -4.28. The Morgan fingerprint density at radius 3 is 2.60 bits per heavy atom. The lowest BCUT2D eigenvalue weighted by molar-refractivity contribution is -0.385. The van der Waals surface area contributed by atoms with Gasteiger partial charge in [0.15, 0.2) is 5.69 Å². The van der Waals surface area contributed by atoms with Crippen LogP contribution in [0.1, 0.15) is 39.3 Å². The normalized spacial score (nSPS) is 11.4. The van der Waals surface area contributed by atoms with Crippen molar-refractivity contribution in [1.82, 2.24) is 15.1 Å². The maximum atomic E-state index is 12.9. The number of ether oxygens (including phenoxy) is 1. The molecule has 186 valence electrons. The second kappa shape index (κ2) is 10.8. The summed E-state index contributed by atoms with van der Waals surface area (Å²) >= 11 is 5.74.